The van der Waals surface area contributed by atoms with Crippen LogP contribution in [-0.4, -0.2) is 70.7 Å². The maximum atomic E-state index is 11.9. The Balaban J connectivity index is 2.65. The summed E-state index contributed by atoms with van der Waals surface area (Å²) < 4.78 is 0. The van der Waals surface area contributed by atoms with Gasteiger partial charge in [-0.15, -0.1) is 0 Å². The van der Waals surface area contributed by atoms with Gasteiger partial charge >= 0.3 is 17.8 Å². The van der Waals surface area contributed by atoms with E-state index >= 15 is 0 Å². The lowest BCUT2D eigenvalue weighted by molar-refractivity contribution is -0.153. The van der Waals surface area contributed by atoms with Crippen LogP contribution in [-0.2, 0) is 9.59 Å². The number of hydrogen-bond donors (Lipinski definition) is 1. The van der Waals surface area contributed by atoms with Crippen molar-refractivity contribution in [1.29, 1.82) is 0 Å². The second-order valence-electron chi connectivity index (χ2n) is 3.99. The highest BCUT2D eigenvalue weighted by molar-refractivity contribution is 7.98. The molecule has 1 N–H and O–H groups in total. The zero-order valence-electron chi connectivity index (χ0n) is 10.9. The molecule has 6 nitrogen and oxygen atoms in total. The fourth-order valence-electron chi connectivity index (χ4n) is 1.70. The number of hydrogen-bond acceptors (Lipinski definition) is 5. The van der Waals surface area contributed by atoms with Crippen LogP contribution >= 0.6 is 24.0 Å². The van der Waals surface area contributed by atoms with Gasteiger partial charge in [-0.1, -0.05) is 12.2 Å². The summed E-state index contributed by atoms with van der Waals surface area (Å²) in [5.74, 6) is -0.780. The highest BCUT2D eigenvalue weighted by atomic mass is 32.2. The molecule has 1 fully saturated rings. The lowest BCUT2D eigenvalue weighted by Crippen LogP contribution is -2.59. The normalized spacial score (nSPS) is 17.4. The van der Waals surface area contributed by atoms with Crippen molar-refractivity contribution >= 4 is 47.2 Å². The van der Waals surface area contributed by atoms with Crippen molar-refractivity contribution in [1.82, 2.24) is 15.1 Å². The predicted molar refractivity (Wildman–Crippen MR) is 78.3 cm³/mol. The lowest BCUT2D eigenvalue weighted by atomic mass is 10.3. The van der Waals surface area contributed by atoms with E-state index in [1.54, 1.807) is 6.92 Å². The number of nitrogens with one attached hydrogen (secondary N) is 1. The number of carbonyl (C=O) groups excluding carboxylic acids is 3. The van der Waals surface area contributed by atoms with Crippen LogP contribution in [0, 0.1) is 0 Å². The van der Waals surface area contributed by atoms with E-state index in [0.717, 1.165) is 4.90 Å². The molecule has 8 heteroatoms. The number of nitrogens with zero attached hydrogens (tertiary/aromatic N) is 2. The SMILES string of the molecule is CCN1CCN(C(=O)NC(C=S)CSC)C(=O)C1=O. The average Bonchev–Trinajstić information content (AvgIpc) is 2.41. The van der Waals surface area contributed by atoms with Crippen LogP contribution in [0.15, 0.2) is 0 Å². The molecule has 4 amide bonds. The van der Waals surface area contributed by atoms with Crippen LogP contribution in [0.1, 0.15) is 6.92 Å². The molecule has 0 radical (unpaired) electrons. The molecule has 1 unspecified atom stereocenters. The summed E-state index contributed by atoms with van der Waals surface area (Å²) >= 11 is 6.35. The fourth-order valence-corrected chi connectivity index (χ4v) is 2.53. The number of thioether (sulfide) groups is 1. The molecule has 0 bridgehead atoms. The number of urea groups is 1. The number of likely N-dealkylation sites (N-methyl/N-ethyl adjacent to an activating group) is 1. The molecule has 1 aliphatic heterocycles. The zero-order chi connectivity index (χ0) is 14.4. The third kappa shape index (κ3) is 3.90. The van der Waals surface area contributed by atoms with Gasteiger partial charge in [-0.25, -0.2) is 4.79 Å². The van der Waals surface area contributed by atoms with Crippen LogP contribution in [0.25, 0.3) is 0 Å². The van der Waals surface area contributed by atoms with Crippen molar-refractivity contribution in [2.75, 3.05) is 31.6 Å². The second kappa shape index (κ2) is 7.44. The largest absolute Gasteiger partial charge is 0.333 e. The van der Waals surface area contributed by atoms with Gasteiger partial charge in [-0.3, -0.25) is 14.5 Å². The number of amides is 4. The van der Waals surface area contributed by atoms with Gasteiger partial charge < -0.3 is 10.2 Å². The van der Waals surface area contributed by atoms with E-state index in [4.69, 9.17) is 12.2 Å². The number of imide groups is 1. The van der Waals surface area contributed by atoms with Gasteiger partial charge in [0.05, 0.1) is 6.04 Å². The first-order valence-electron chi connectivity index (χ1n) is 5.90. The molecule has 0 saturated carbocycles. The minimum atomic E-state index is -0.780. The summed E-state index contributed by atoms with van der Waals surface area (Å²) in [6, 6.07) is -0.848. The molecule has 19 heavy (non-hydrogen) atoms. The predicted octanol–water partition coefficient (Wildman–Crippen LogP) is 0.118. The number of carbonyl (C=O) groups is 3. The minimum Gasteiger partial charge on any atom is -0.333 e. The van der Waals surface area contributed by atoms with Crippen LogP contribution in [0.3, 0.4) is 0 Å². The quantitative estimate of drug-likeness (QED) is 0.577. The molecule has 1 saturated heterocycles. The molecule has 0 aromatic carbocycles. The van der Waals surface area contributed by atoms with E-state index in [0.29, 0.717) is 18.8 Å². The first-order valence-corrected chi connectivity index (χ1v) is 7.77. The van der Waals surface area contributed by atoms with E-state index < -0.39 is 17.8 Å². The van der Waals surface area contributed by atoms with Crippen LogP contribution in [0.4, 0.5) is 4.79 Å². The topological polar surface area (TPSA) is 69.7 Å². The molecule has 0 spiro atoms. The third-order valence-electron chi connectivity index (χ3n) is 2.76. The smallest absolute Gasteiger partial charge is 0.325 e. The highest BCUT2D eigenvalue weighted by Gasteiger charge is 2.35. The lowest BCUT2D eigenvalue weighted by Gasteiger charge is -2.32. The van der Waals surface area contributed by atoms with Crippen molar-refractivity contribution in [3.8, 4) is 0 Å². The van der Waals surface area contributed by atoms with Crippen molar-refractivity contribution < 1.29 is 14.4 Å². The Labute approximate surface area is 121 Å². The molecule has 1 aliphatic rings. The summed E-state index contributed by atoms with van der Waals surface area (Å²) in [5.41, 5.74) is 0. The van der Waals surface area contributed by atoms with Crippen molar-refractivity contribution in [2.24, 2.45) is 0 Å². The van der Waals surface area contributed by atoms with E-state index in [9.17, 15) is 14.4 Å². The number of rotatable bonds is 5. The Kier molecular flexibility index (Phi) is 6.23. The number of thiocarbonyl (C=S) groups is 1. The second-order valence-corrected chi connectivity index (χ2v) is 5.17. The molecule has 1 heterocycles. The first-order chi connectivity index (χ1) is 9.04. The number of piperazine rings is 1. The van der Waals surface area contributed by atoms with Crippen molar-refractivity contribution in [3.63, 3.8) is 0 Å². The van der Waals surface area contributed by atoms with Gasteiger partial charge in [0.1, 0.15) is 0 Å². The summed E-state index contributed by atoms with van der Waals surface area (Å²) in [4.78, 5) is 37.8. The third-order valence-corrected chi connectivity index (χ3v) is 3.78. The summed E-state index contributed by atoms with van der Waals surface area (Å²) in [6.45, 7) is 2.85. The Bertz CT molecular complexity index is 389. The molecule has 0 aromatic heterocycles. The van der Waals surface area contributed by atoms with Gasteiger partial charge in [0.25, 0.3) is 0 Å². The Hall–Kier alpha value is -1.15. The summed E-state index contributed by atoms with van der Waals surface area (Å²) in [5, 5.41) is 4.08. The van der Waals surface area contributed by atoms with Gasteiger partial charge in [0.2, 0.25) is 0 Å². The zero-order valence-corrected chi connectivity index (χ0v) is 12.6. The maximum Gasteiger partial charge on any atom is 0.325 e. The minimum absolute atomic E-state index is 0.216. The highest BCUT2D eigenvalue weighted by Crippen LogP contribution is 2.06. The standard InChI is InChI=1S/C11H17N3O3S2/c1-3-13-4-5-14(10(16)9(13)15)11(17)12-8(6-18)7-19-2/h6,8H,3-5,7H2,1-2H3,(H,12,17). The van der Waals surface area contributed by atoms with Gasteiger partial charge in [-0.2, -0.15) is 11.8 Å². The van der Waals surface area contributed by atoms with E-state index in [2.05, 4.69) is 5.32 Å². The van der Waals surface area contributed by atoms with Crippen LogP contribution in [0.2, 0.25) is 0 Å². The monoisotopic (exact) mass is 303 g/mol. The molecular formula is C11H17N3O3S2. The van der Waals surface area contributed by atoms with Crippen LogP contribution in [0.5, 0.6) is 0 Å². The van der Waals surface area contributed by atoms with Gasteiger partial charge in [0.15, 0.2) is 0 Å². The van der Waals surface area contributed by atoms with E-state index in [1.807, 2.05) is 6.26 Å². The Morgan fingerprint density at radius 3 is 2.68 bits per heavy atom. The first kappa shape index (κ1) is 15.9. The molecule has 0 aromatic rings. The van der Waals surface area contributed by atoms with Gasteiger partial charge in [0, 0.05) is 30.8 Å². The molecule has 106 valence electrons. The van der Waals surface area contributed by atoms with E-state index in [-0.39, 0.29) is 12.6 Å². The average molecular weight is 303 g/mol. The summed E-state index contributed by atoms with van der Waals surface area (Å²) in [6.07, 6.45) is 1.90. The molecular weight excluding hydrogens is 286 g/mol. The fraction of sp³-hybridized carbons (Fsp3) is 0.636. The van der Waals surface area contributed by atoms with Crippen LogP contribution < -0.4 is 5.32 Å². The molecule has 0 aliphatic carbocycles. The Morgan fingerprint density at radius 2 is 2.16 bits per heavy atom. The molecule has 1 rings (SSSR count). The van der Waals surface area contributed by atoms with E-state index in [1.165, 1.54) is 22.0 Å². The summed E-state index contributed by atoms with van der Waals surface area (Å²) in [7, 11) is 0. The Morgan fingerprint density at radius 1 is 1.47 bits per heavy atom. The van der Waals surface area contributed by atoms with Gasteiger partial charge in [-0.05, 0) is 13.2 Å². The van der Waals surface area contributed by atoms with Crippen molar-refractivity contribution in [2.45, 2.75) is 13.0 Å². The molecule has 1 atom stereocenters. The van der Waals surface area contributed by atoms with Crippen molar-refractivity contribution in [3.05, 3.63) is 0 Å². The maximum absolute atomic E-state index is 11.9.